The van der Waals surface area contributed by atoms with Gasteiger partial charge in [0.25, 0.3) is 11.6 Å². The first kappa shape index (κ1) is 17.1. The van der Waals surface area contributed by atoms with Crippen LogP contribution in [0.25, 0.3) is 11.3 Å². The largest absolute Gasteiger partial charge is 0.455 e. The zero-order valence-electron chi connectivity index (χ0n) is 12.5. The van der Waals surface area contributed by atoms with E-state index in [-0.39, 0.29) is 11.6 Å². The van der Waals surface area contributed by atoms with E-state index in [2.05, 4.69) is 26.5 Å². The number of nitro groups is 1. The van der Waals surface area contributed by atoms with Crippen LogP contribution in [0.2, 0.25) is 0 Å². The lowest BCUT2D eigenvalue weighted by atomic mass is 10.1. The normalized spacial score (nSPS) is 10.9. The molecule has 3 aromatic rings. The van der Waals surface area contributed by atoms with Crippen molar-refractivity contribution in [3.63, 3.8) is 0 Å². The van der Waals surface area contributed by atoms with E-state index in [1.54, 1.807) is 35.7 Å². The molecule has 3 rings (SSSR count). The third-order valence-corrected chi connectivity index (χ3v) is 4.68. The number of nitro benzene ring substituents is 1. The SMILES string of the molecule is O=C(N/N=C/c1ccc(-c2ccc([N+](=O)[O-])cc2Br)o1)c1cccs1. The lowest BCUT2D eigenvalue weighted by molar-refractivity contribution is -0.384. The minimum absolute atomic E-state index is 0.0137. The van der Waals surface area contributed by atoms with Gasteiger partial charge in [0.1, 0.15) is 11.5 Å². The summed E-state index contributed by atoms with van der Waals surface area (Å²) in [5, 5.41) is 16.4. The summed E-state index contributed by atoms with van der Waals surface area (Å²) < 4.78 is 6.17. The van der Waals surface area contributed by atoms with Crippen LogP contribution in [0.15, 0.2) is 61.8 Å². The summed E-state index contributed by atoms with van der Waals surface area (Å²) in [5.74, 6) is 0.663. The van der Waals surface area contributed by atoms with Crippen molar-refractivity contribution >= 4 is 45.1 Å². The first-order valence-electron chi connectivity index (χ1n) is 6.95. The Morgan fingerprint density at radius 2 is 2.16 bits per heavy atom. The van der Waals surface area contributed by atoms with Gasteiger partial charge in [0, 0.05) is 22.2 Å². The van der Waals surface area contributed by atoms with E-state index >= 15 is 0 Å². The van der Waals surface area contributed by atoms with Crippen LogP contribution in [0.5, 0.6) is 0 Å². The molecule has 7 nitrogen and oxygen atoms in total. The highest BCUT2D eigenvalue weighted by Gasteiger charge is 2.13. The maximum atomic E-state index is 11.7. The Hall–Kier alpha value is -2.78. The Labute approximate surface area is 154 Å². The second kappa shape index (κ2) is 7.41. The fourth-order valence-electron chi connectivity index (χ4n) is 2.00. The average molecular weight is 420 g/mol. The highest BCUT2D eigenvalue weighted by molar-refractivity contribution is 9.10. The van der Waals surface area contributed by atoms with Crippen molar-refractivity contribution in [1.82, 2.24) is 5.43 Å². The molecule has 25 heavy (non-hydrogen) atoms. The van der Waals surface area contributed by atoms with Gasteiger partial charge in [-0.05, 0) is 45.6 Å². The number of rotatable bonds is 5. The van der Waals surface area contributed by atoms with E-state index in [1.807, 2.05) is 0 Å². The van der Waals surface area contributed by atoms with Crippen LogP contribution in [-0.4, -0.2) is 17.0 Å². The van der Waals surface area contributed by atoms with Gasteiger partial charge in [0.15, 0.2) is 0 Å². The Balaban J connectivity index is 1.71. The monoisotopic (exact) mass is 419 g/mol. The molecule has 0 fully saturated rings. The standard InChI is InChI=1S/C16H10BrN3O4S/c17-13-8-10(20(22)23)3-5-12(13)14-6-4-11(24-14)9-18-19-16(21)15-2-1-7-25-15/h1-9H,(H,19,21)/b18-9+. The molecule has 0 saturated carbocycles. The van der Waals surface area contributed by atoms with Crippen LogP contribution in [0.3, 0.4) is 0 Å². The van der Waals surface area contributed by atoms with Crippen LogP contribution < -0.4 is 5.43 Å². The minimum Gasteiger partial charge on any atom is -0.455 e. The topological polar surface area (TPSA) is 97.7 Å². The van der Waals surface area contributed by atoms with Gasteiger partial charge in [-0.2, -0.15) is 5.10 Å². The Morgan fingerprint density at radius 1 is 1.32 bits per heavy atom. The van der Waals surface area contributed by atoms with E-state index in [1.165, 1.54) is 29.7 Å². The van der Waals surface area contributed by atoms with E-state index in [0.717, 1.165) is 0 Å². The quantitative estimate of drug-likeness (QED) is 0.375. The number of non-ortho nitro benzene ring substituents is 1. The Kier molecular flexibility index (Phi) is 5.05. The van der Waals surface area contributed by atoms with Crippen molar-refractivity contribution in [2.24, 2.45) is 5.10 Å². The van der Waals surface area contributed by atoms with Gasteiger partial charge in [0.2, 0.25) is 0 Å². The van der Waals surface area contributed by atoms with Crippen LogP contribution in [-0.2, 0) is 0 Å². The molecule has 0 aliphatic carbocycles. The van der Waals surface area contributed by atoms with Gasteiger partial charge in [0.05, 0.1) is 16.0 Å². The van der Waals surface area contributed by atoms with Gasteiger partial charge in [-0.3, -0.25) is 14.9 Å². The van der Waals surface area contributed by atoms with Gasteiger partial charge in [-0.25, -0.2) is 5.43 Å². The molecule has 1 amide bonds. The number of amides is 1. The average Bonchev–Trinajstić information content (AvgIpc) is 3.26. The number of hydrogen-bond acceptors (Lipinski definition) is 6. The number of carbonyl (C=O) groups excluding carboxylic acids is 1. The first-order chi connectivity index (χ1) is 12.0. The number of nitrogens with zero attached hydrogens (tertiary/aromatic N) is 2. The zero-order valence-corrected chi connectivity index (χ0v) is 14.9. The van der Waals surface area contributed by atoms with Gasteiger partial charge >= 0.3 is 0 Å². The highest BCUT2D eigenvalue weighted by atomic mass is 79.9. The summed E-state index contributed by atoms with van der Waals surface area (Å²) in [6.07, 6.45) is 1.38. The first-order valence-corrected chi connectivity index (χ1v) is 8.63. The second-order valence-corrected chi connectivity index (χ2v) is 6.60. The molecule has 0 atom stereocenters. The molecule has 0 bridgehead atoms. The molecule has 0 spiro atoms. The summed E-state index contributed by atoms with van der Waals surface area (Å²) in [7, 11) is 0. The second-order valence-electron chi connectivity index (χ2n) is 4.80. The van der Waals surface area contributed by atoms with Crippen LogP contribution in [0.4, 0.5) is 5.69 Å². The molecule has 0 aliphatic heterocycles. The van der Waals surface area contributed by atoms with Gasteiger partial charge in [-0.15, -0.1) is 11.3 Å². The Bertz CT molecular complexity index is 950. The lowest BCUT2D eigenvalue weighted by Crippen LogP contribution is -2.15. The molecule has 2 heterocycles. The summed E-state index contributed by atoms with van der Waals surface area (Å²) in [5.41, 5.74) is 3.07. The summed E-state index contributed by atoms with van der Waals surface area (Å²) in [4.78, 5) is 22.6. The number of nitrogens with one attached hydrogen (secondary N) is 1. The summed E-state index contributed by atoms with van der Waals surface area (Å²) in [6, 6.07) is 11.3. The molecule has 126 valence electrons. The van der Waals surface area contributed by atoms with Crippen molar-refractivity contribution < 1.29 is 14.1 Å². The van der Waals surface area contributed by atoms with Crippen molar-refractivity contribution in [2.75, 3.05) is 0 Å². The number of hydrogen-bond donors (Lipinski definition) is 1. The fourth-order valence-corrected chi connectivity index (χ4v) is 3.18. The van der Waals surface area contributed by atoms with E-state index in [4.69, 9.17) is 4.42 Å². The van der Waals surface area contributed by atoms with Crippen LogP contribution in [0.1, 0.15) is 15.4 Å². The van der Waals surface area contributed by atoms with Crippen LogP contribution >= 0.6 is 27.3 Å². The smallest absolute Gasteiger partial charge is 0.281 e. The Morgan fingerprint density at radius 3 is 2.84 bits per heavy atom. The minimum atomic E-state index is -0.467. The van der Waals surface area contributed by atoms with E-state index in [9.17, 15) is 14.9 Å². The predicted molar refractivity (Wildman–Crippen MR) is 97.9 cm³/mol. The summed E-state index contributed by atoms with van der Waals surface area (Å²) >= 11 is 4.62. The molecule has 2 aromatic heterocycles. The van der Waals surface area contributed by atoms with Crippen LogP contribution in [0, 0.1) is 10.1 Å². The molecule has 0 radical (unpaired) electrons. The number of thiophene rings is 1. The van der Waals surface area contributed by atoms with Crippen molar-refractivity contribution in [1.29, 1.82) is 0 Å². The zero-order chi connectivity index (χ0) is 17.8. The number of hydrazone groups is 1. The highest BCUT2D eigenvalue weighted by Crippen LogP contribution is 2.32. The molecular formula is C16H10BrN3O4S. The third kappa shape index (κ3) is 4.01. The van der Waals surface area contributed by atoms with Gasteiger partial charge < -0.3 is 4.42 Å². The van der Waals surface area contributed by atoms with E-state index in [0.29, 0.717) is 26.4 Å². The van der Waals surface area contributed by atoms with Crippen molar-refractivity contribution in [3.8, 4) is 11.3 Å². The van der Waals surface area contributed by atoms with Gasteiger partial charge in [-0.1, -0.05) is 6.07 Å². The molecule has 1 aromatic carbocycles. The molecule has 0 saturated heterocycles. The fraction of sp³-hybridized carbons (Fsp3) is 0. The number of benzene rings is 1. The molecule has 0 unspecified atom stereocenters. The molecular weight excluding hydrogens is 410 g/mol. The molecule has 9 heteroatoms. The molecule has 1 N–H and O–H groups in total. The number of halogens is 1. The summed E-state index contributed by atoms with van der Waals surface area (Å²) in [6.45, 7) is 0. The maximum absolute atomic E-state index is 11.7. The lowest BCUT2D eigenvalue weighted by Gasteiger charge is -2.00. The van der Waals surface area contributed by atoms with Crippen molar-refractivity contribution in [2.45, 2.75) is 0 Å². The maximum Gasteiger partial charge on any atom is 0.281 e. The number of carbonyl (C=O) groups is 1. The number of furan rings is 1. The van der Waals surface area contributed by atoms with E-state index < -0.39 is 4.92 Å². The van der Waals surface area contributed by atoms with Crippen molar-refractivity contribution in [3.05, 3.63) is 73.1 Å². The predicted octanol–water partition coefficient (Wildman–Crippen LogP) is 4.44. The third-order valence-electron chi connectivity index (χ3n) is 3.16. The molecule has 0 aliphatic rings.